The van der Waals surface area contributed by atoms with E-state index in [0.29, 0.717) is 18.9 Å². The van der Waals surface area contributed by atoms with Gasteiger partial charge in [0.05, 0.1) is 13.0 Å². The van der Waals surface area contributed by atoms with Gasteiger partial charge in [0.25, 0.3) is 0 Å². The Morgan fingerprint density at radius 1 is 1.41 bits per heavy atom. The minimum atomic E-state index is -0.541. The van der Waals surface area contributed by atoms with E-state index in [1.807, 2.05) is 0 Å². The summed E-state index contributed by atoms with van der Waals surface area (Å²) in [5, 5.41) is 0. The molecule has 0 bridgehead atoms. The smallest absolute Gasteiger partial charge is 0.329 e. The quantitative estimate of drug-likeness (QED) is 0.542. The molecular formula is C11H17NO4S. The van der Waals surface area contributed by atoms with E-state index in [9.17, 15) is 14.4 Å². The number of hydrogen-bond acceptors (Lipinski definition) is 5. The topological polar surface area (TPSA) is 63.7 Å². The van der Waals surface area contributed by atoms with Gasteiger partial charge in [-0.2, -0.15) is 11.8 Å². The minimum absolute atomic E-state index is 0.138. The summed E-state index contributed by atoms with van der Waals surface area (Å²) >= 11 is 1.62. The third-order valence-corrected chi connectivity index (χ3v) is 3.43. The van der Waals surface area contributed by atoms with Gasteiger partial charge in [0.15, 0.2) is 0 Å². The second kappa shape index (κ2) is 6.64. The lowest BCUT2D eigenvalue weighted by atomic mass is 10.2. The molecule has 0 N–H and O–H groups in total. The van der Waals surface area contributed by atoms with Crippen LogP contribution in [0.4, 0.5) is 0 Å². The van der Waals surface area contributed by atoms with Crippen LogP contribution >= 0.6 is 11.8 Å². The summed E-state index contributed by atoms with van der Waals surface area (Å²) in [7, 11) is 0. The maximum atomic E-state index is 11.8. The molecule has 0 radical (unpaired) electrons. The Balaban J connectivity index is 2.68. The Morgan fingerprint density at radius 3 is 2.71 bits per heavy atom. The fourth-order valence-electron chi connectivity index (χ4n) is 1.65. The Kier molecular flexibility index (Phi) is 5.47. The number of carbonyl (C=O) groups excluding carboxylic acids is 3. The van der Waals surface area contributed by atoms with Crippen molar-refractivity contribution in [2.45, 2.75) is 26.3 Å². The van der Waals surface area contributed by atoms with Crippen LogP contribution in [0.1, 0.15) is 20.3 Å². The fraction of sp³-hybridized carbons (Fsp3) is 0.727. The molecule has 1 aliphatic heterocycles. The molecule has 1 atom stereocenters. The molecule has 17 heavy (non-hydrogen) atoms. The zero-order valence-electron chi connectivity index (χ0n) is 10.1. The van der Waals surface area contributed by atoms with Crippen LogP contribution in [0, 0.1) is 0 Å². The van der Waals surface area contributed by atoms with E-state index in [4.69, 9.17) is 4.74 Å². The first-order valence-electron chi connectivity index (χ1n) is 5.59. The summed E-state index contributed by atoms with van der Waals surface area (Å²) in [5.74, 6) is 0.491. The molecule has 1 unspecified atom stereocenters. The van der Waals surface area contributed by atoms with Crippen molar-refractivity contribution in [3.63, 3.8) is 0 Å². The molecule has 6 heteroatoms. The second-order valence-electron chi connectivity index (χ2n) is 3.81. The Labute approximate surface area is 105 Å². The van der Waals surface area contributed by atoms with E-state index in [0.717, 1.165) is 5.75 Å². The highest BCUT2D eigenvalue weighted by atomic mass is 32.2. The number of rotatable bonds is 4. The molecule has 0 saturated carbocycles. The standard InChI is InChI=1S/C11H17NO4S/c1-3-16-11(15)9-7-17-5-4-12(9)10(14)6-8(2)13/h9H,3-7H2,1-2H3. The normalized spacial score (nSPS) is 19.9. The Morgan fingerprint density at radius 2 is 2.12 bits per heavy atom. The monoisotopic (exact) mass is 259 g/mol. The van der Waals surface area contributed by atoms with Gasteiger partial charge in [0.1, 0.15) is 11.8 Å². The van der Waals surface area contributed by atoms with Crippen molar-refractivity contribution in [3.05, 3.63) is 0 Å². The summed E-state index contributed by atoms with van der Waals surface area (Å²) in [6.07, 6.45) is -0.138. The van der Waals surface area contributed by atoms with Gasteiger partial charge in [-0.25, -0.2) is 4.79 Å². The number of esters is 1. The predicted octanol–water partition coefficient (Wildman–Crippen LogP) is 0.473. The predicted molar refractivity (Wildman–Crippen MR) is 64.8 cm³/mol. The zero-order valence-corrected chi connectivity index (χ0v) is 10.9. The van der Waals surface area contributed by atoms with E-state index in [-0.39, 0.29) is 24.1 Å². The third kappa shape index (κ3) is 4.03. The van der Waals surface area contributed by atoms with Gasteiger partial charge >= 0.3 is 5.97 Å². The van der Waals surface area contributed by atoms with Gasteiger partial charge in [-0.1, -0.05) is 0 Å². The SMILES string of the molecule is CCOC(=O)C1CSCCN1C(=O)CC(C)=O. The molecule has 96 valence electrons. The molecule has 0 aromatic heterocycles. The number of Topliss-reactive ketones (excluding diaryl/α,β-unsaturated/α-hetero) is 1. The molecule has 0 aliphatic carbocycles. The summed E-state index contributed by atoms with van der Waals surface area (Å²) in [6.45, 7) is 3.90. The van der Waals surface area contributed by atoms with E-state index >= 15 is 0 Å². The van der Waals surface area contributed by atoms with Gasteiger partial charge in [0.2, 0.25) is 5.91 Å². The summed E-state index contributed by atoms with van der Waals surface area (Å²) in [6, 6.07) is -0.541. The van der Waals surface area contributed by atoms with Gasteiger partial charge in [-0.05, 0) is 13.8 Å². The lowest BCUT2D eigenvalue weighted by Crippen LogP contribution is -2.51. The molecule has 0 aromatic rings. The largest absolute Gasteiger partial charge is 0.464 e. The number of hydrogen-bond donors (Lipinski definition) is 0. The maximum Gasteiger partial charge on any atom is 0.329 e. The van der Waals surface area contributed by atoms with Crippen LogP contribution in [-0.4, -0.2) is 53.3 Å². The average Bonchev–Trinajstić information content (AvgIpc) is 2.28. The number of thioether (sulfide) groups is 1. The first-order chi connectivity index (χ1) is 8.06. The lowest BCUT2D eigenvalue weighted by molar-refractivity contribution is -0.154. The van der Waals surface area contributed by atoms with E-state index in [2.05, 4.69) is 0 Å². The summed E-state index contributed by atoms with van der Waals surface area (Å²) in [4.78, 5) is 35.9. The third-order valence-electron chi connectivity index (χ3n) is 2.41. The minimum Gasteiger partial charge on any atom is -0.464 e. The van der Waals surface area contributed by atoms with E-state index in [1.165, 1.54) is 11.8 Å². The van der Waals surface area contributed by atoms with Crippen molar-refractivity contribution in [3.8, 4) is 0 Å². The van der Waals surface area contributed by atoms with Gasteiger partial charge in [-0.3, -0.25) is 9.59 Å². The Bertz CT molecular complexity index is 319. The Hall–Kier alpha value is -1.04. The van der Waals surface area contributed by atoms with Crippen molar-refractivity contribution in [2.75, 3.05) is 24.7 Å². The number of nitrogens with zero attached hydrogens (tertiary/aromatic N) is 1. The number of amides is 1. The first-order valence-corrected chi connectivity index (χ1v) is 6.75. The summed E-state index contributed by atoms with van der Waals surface area (Å²) in [5.41, 5.74) is 0. The van der Waals surface area contributed by atoms with Crippen molar-refractivity contribution in [1.82, 2.24) is 4.90 Å². The van der Waals surface area contributed by atoms with Crippen LogP contribution < -0.4 is 0 Å². The summed E-state index contributed by atoms with van der Waals surface area (Å²) < 4.78 is 4.94. The van der Waals surface area contributed by atoms with Gasteiger partial charge < -0.3 is 9.64 Å². The van der Waals surface area contributed by atoms with Crippen LogP contribution in [0.15, 0.2) is 0 Å². The molecule has 5 nitrogen and oxygen atoms in total. The number of carbonyl (C=O) groups is 3. The molecule has 1 heterocycles. The van der Waals surface area contributed by atoms with Crippen LogP contribution in [0.3, 0.4) is 0 Å². The first kappa shape index (κ1) is 14.0. The van der Waals surface area contributed by atoms with Gasteiger partial charge in [0, 0.05) is 18.1 Å². The van der Waals surface area contributed by atoms with E-state index in [1.54, 1.807) is 18.7 Å². The van der Waals surface area contributed by atoms with Crippen molar-refractivity contribution >= 4 is 29.4 Å². The van der Waals surface area contributed by atoms with E-state index < -0.39 is 6.04 Å². The highest BCUT2D eigenvalue weighted by Gasteiger charge is 2.33. The van der Waals surface area contributed by atoms with Crippen LogP contribution in [0.25, 0.3) is 0 Å². The fourth-order valence-corrected chi connectivity index (χ4v) is 2.68. The molecule has 1 fully saturated rings. The highest BCUT2D eigenvalue weighted by Crippen LogP contribution is 2.18. The average molecular weight is 259 g/mol. The molecule has 0 spiro atoms. The zero-order chi connectivity index (χ0) is 12.8. The molecule has 1 saturated heterocycles. The van der Waals surface area contributed by atoms with Gasteiger partial charge in [-0.15, -0.1) is 0 Å². The number of ether oxygens (including phenoxy) is 1. The van der Waals surface area contributed by atoms with Crippen LogP contribution in [-0.2, 0) is 19.1 Å². The molecule has 1 aliphatic rings. The lowest BCUT2D eigenvalue weighted by Gasteiger charge is -2.33. The van der Waals surface area contributed by atoms with Crippen LogP contribution in [0.5, 0.6) is 0 Å². The van der Waals surface area contributed by atoms with Crippen molar-refractivity contribution < 1.29 is 19.1 Å². The maximum absolute atomic E-state index is 11.8. The van der Waals surface area contributed by atoms with Crippen LogP contribution in [0.2, 0.25) is 0 Å². The van der Waals surface area contributed by atoms with Crippen molar-refractivity contribution in [1.29, 1.82) is 0 Å². The van der Waals surface area contributed by atoms with Crippen molar-refractivity contribution in [2.24, 2.45) is 0 Å². The molecule has 1 amide bonds. The highest BCUT2D eigenvalue weighted by molar-refractivity contribution is 7.99. The molecule has 1 rings (SSSR count). The molecule has 0 aromatic carbocycles. The molecular weight excluding hydrogens is 242 g/mol. The second-order valence-corrected chi connectivity index (χ2v) is 4.96. The number of ketones is 1.